The maximum Gasteiger partial charge on any atom is 0.253 e. The highest BCUT2D eigenvalue weighted by molar-refractivity contribution is 6.34. The van der Waals surface area contributed by atoms with Gasteiger partial charge in [0.15, 0.2) is 0 Å². The van der Waals surface area contributed by atoms with E-state index in [9.17, 15) is 9.59 Å². The van der Waals surface area contributed by atoms with Crippen molar-refractivity contribution >= 4 is 47.2 Å². The summed E-state index contributed by atoms with van der Waals surface area (Å²) in [5.74, 6) is -0.406. The molecular formula is C20H25Cl2N3O2. The van der Waals surface area contributed by atoms with Crippen LogP contribution in [0.5, 0.6) is 0 Å². The number of nitrogens with two attached hydrogens (primary N) is 1. The topological polar surface area (TPSA) is 84.2 Å². The van der Waals surface area contributed by atoms with E-state index >= 15 is 0 Å². The lowest BCUT2D eigenvalue weighted by atomic mass is 10.0. The van der Waals surface area contributed by atoms with E-state index in [0.717, 1.165) is 12.0 Å². The van der Waals surface area contributed by atoms with Gasteiger partial charge in [0.25, 0.3) is 5.91 Å². The average molecular weight is 410 g/mol. The molecule has 0 spiro atoms. The van der Waals surface area contributed by atoms with Crippen molar-refractivity contribution in [1.29, 1.82) is 0 Å². The van der Waals surface area contributed by atoms with Crippen LogP contribution >= 0.6 is 24.0 Å². The Balaban J connectivity index is 0.00000364. The molecule has 2 rings (SSSR count). The van der Waals surface area contributed by atoms with Gasteiger partial charge in [-0.15, -0.1) is 12.4 Å². The molecule has 0 fully saturated rings. The molecule has 0 saturated carbocycles. The van der Waals surface area contributed by atoms with Gasteiger partial charge < -0.3 is 16.4 Å². The molecule has 4 N–H and O–H groups in total. The molecule has 27 heavy (non-hydrogen) atoms. The van der Waals surface area contributed by atoms with Crippen molar-refractivity contribution in [2.24, 2.45) is 0 Å². The minimum atomic E-state index is -0.313. The number of hydrogen-bond acceptors (Lipinski definition) is 3. The van der Waals surface area contributed by atoms with E-state index in [0.29, 0.717) is 22.0 Å². The van der Waals surface area contributed by atoms with Crippen LogP contribution in [-0.4, -0.2) is 17.4 Å². The second-order valence-electron chi connectivity index (χ2n) is 6.85. The Hall–Kier alpha value is -2.24. The summed E-state index contributed by atoms with van der Waals surface area (Å²) in [6, 6.07) is 12.0. The quantitative estimate of drug-likeness (QED) is 0.616. The first-order valence-corrected chi connectivity index (χ1v) is 8.84. The summed E-state index contributed by atoms with van der Waals surface area (Å²) in [4.78, 5) is 24.5. The molecular weight excluding hydrogens is 385 g/mol. The first-order valence-electron chi connectivity index (χ1n) is 8.46. The second kappa shape index (κ2) is 9.62. The second-order valence-corrected chi connectivity index (χ2v) is 7.26. The number of hydrogen-bond donors (Lipinski definition) is 3. The SMILES string of the molecule is CCC(C)(C)NC(=O)c1ccc(NC(=O)Cc2ccc(N)cc2)cc1Cl.Cl. The third-order valence-electron chi connectivity index (χ3n) is 4.18. The number of anilines is 2. The Labute approximate surface area is 171 Å². The lowest BCUT2D eigenvalue weighted by Crippen LogP contribution is -2.42. The van der Waals surface area contributed by atoms with E-state index < -0.39 is 0 Å². The predicted molar refractivity (Wildman–Crippen MR) is 114 cm³/mol. The van der Waals surface area contributed by atoms with Crippen LogP contribution in [0.2, 0.25) is 5.02 Å². The number of nitrogens with one attached hydrogen (secondary N) is 2. The average Bonchev–Trinajstić information content (AvgIpc) is 2.56. The molecule has 146 valence electrons. The third-order valence-corrected chi connectivity index (χ3v) is 4.49. The smallest absolute Gasteiger partial charge is 0.253 e. The highest BCUT2D eigenvalue weighted by atomic mass is 35.5. The van der Waals surface area contributed by atoms with E-state index in [2.05, 4.69) is 10.6 Å². The minimum absolute atomic E-state index is 0. The number of benzene rings is 2. The molecule has 0 aliphatic rings. The standard InChI is InChI=1S/C20H24ClN3O2.ClH/c1-4-20(2,3)24-19(26)16-10-9-15(12-17(16)21)23-18(25)11-13-5-7-14(22)8-6-13;/h5-10,12H,4,11,22H2,1-3H3,(H,23,25)(H,24,26);1H. The molecule has 0 saturated heterocycles. The molecule has 0 radical (unpaired) electrons. The highest BCUT2D eigenvalue weighted by Crippen LogP contribution is 2.22. The Morgan fingerprint density at radius 1 is 1.11 bits per heavy atom. The molecule has 0 unspecified atom stereocenters. The number of rotatable bonds is 6. The van der Waals surface area contributed by atoms with Gasteiger partial charge in [0.05, 0.1) is 17.0 Å². The zero-order chi connectivity index (χ0) is 19.3. The largest absolute Gasteiger partial charge is 0.399 e. The molecule has 0 aromatic heterocycles. The van der Waals surface area contributed by atoms with Crippen molar-refractivity contribution in [3.05, 3.63) is 58.6 Å². The van der Waals surface area contributed by atoms with E-state index in [4.69, 9.17) is 17.3 Å². The van der Waals surface area contributed by atoms with Crippen molar-refractivity contribution in [2.45, 2.75) is 39.2 Å². The molecule has 0 bridgehead atoms. The van der Waals surface area contributed by atoms with Crippen molar-refractivity contribution in [3.8, 4) is 0 Å². The van der Waals surface area contributed by atoms with Crippen molar-refractivity contribution in [3.63, 3.8) is 0 Å². The molecule has 7 heteroatoms. The molecule has 2 aromatic rings. The van der Waals surface area contributed by atoms with Crippen LogP contribution in [-0.2, 0) is 11.2 Å². The molecule has 2 amide bonds. The maximum atomic E-state index is 12.3. The fraction of sp³-hybridized carbons (Fsp3) is 0.300. The van der Waals surface area contributed by atoms with Gasteiger partial charge in [-0.3, -0.25) is 9.59 Å². The summed E-state index contributed by atoms with van der Waals surface area (Å²) in [5.41, 5.74) is 7.76. The highest BCUT2D eigenvalue weighted by Gasteiger charge is 2.20. The zero-order valence-electron chi connectivity index (χ0n) is 15.6. The van der Waals surface area contributed by atoms with Gasteiger partial charge in [-0.25, -0.2) is 0 Å². The Morgan fingerprint density at radius 3 is 2.30 bits per heavy atom. The summed E-state index contributed by atoms with van der Waals surface area (Å²) < 4.78 is 0. The van der Waals surface area contributed by atoms with Crippen LogP contribution in [0.15, 0.2) is 42.5 Å². The molecule has 0 aliphatic heterocycles. The first kappa shape index (κ1) is 22.8. The van der Waals surface area contributed by atoms with Gasteiger partial charge in [0, 0.05) is 16.9 Å². The van der Waals surface area contributed by atoms with E-state index in [1.807, 2.05) is 32.9 Å². The minimum Gasteiger partial charge on any atom is -0.399 e. The fourth-order valence-corrected chi connectivity index (χ4v) is 2.53. The van der Waals surface area contributed by atoms with Crippen molar-refractivity contribution in [1.82, 2.24) is 5.32 Å². The molecule has 0 aliphatic carbocycles. The molecule has 5 nitrogen and oxygen atoms in total. The van der Waals surface area contributed by atoms with Gasteiger partial charge in [0.2, 0.25) is 5.91 Å². The first-order chi connectivity index (χ1) is 12.2. The van der Waals surface area contributed by atoms with Crippen LogP contribution in [0.3, 0.4) is 0 Å². The number of carbonyl (C=O) groups is 2. The van der Waals surface area contributed by atoms with Crippen LogP contribution in [0.1, 0.15) is 43.1 Å². The van der Waals surface area contributed by atoms with Crippen LogP contribution in [0.25, 0.3) is 0 Å². The summed E-state index contributed by atoms with van der Waals surface area (Å²) in [7, 11) is 0. The lowest BCUT2D eigenvalue weighted by molar-refractivity contribution is -0.115. The van der Waals surface area contributed by atoms with Gasteiger partial charge in [-0.1, -0.05) is 30.7 Å². The summed E-state index contributed by atoms with van der Waals surface area (Å²) >= 11 is 6.23. The Kier molecular flexibility index (Phi) is 8.13. The Morgan fingerprint density at radius 2 is 1.74 bits per heavy atom. The zero-order valence-corrected chi connectivity index (χ0v) is 17.2. The van der Waals surface area contributed by atoms with Crippen molar-refractivity contribution < 1.29 is 9.59 Å². The summed E-state index contributed by atoms with van der Waals surface area (Å²) in [6.45, 7) is 5.90. The fourth-order valence-electron chi connectivity index (χ4n) is 2.27. The van der Waals surface area contributed by atoms with E-state index in [1.54, 1.807) is 30.3 Å². The maximum absolute atomic E-state index is 12.3. The Bertz CT molecular complexity index is 805. The lowest BCUT2D eigenvalue weighted by Gasteiger charge is -2.24. The van der Waals surface area contributed by atoms with Crippen LogP contribution < -0.4 is 16.4 Å². The van der Waals surface area contributed by atoms with Crippen LogP contribution in [0, 0.1) is 0 Å². The normalized spacial score (nSPS) is 10.7. The number of nitrogen functional groups attached to an aromatic ring is 1. The number of amides is 2. The predicted octanol–water partition coefficient (Wildman–Crippen LogP) is 4.44. The van der Waals surface area contributed by atoms with Gasteiger partial charge in [-0.05, 0) is 56.2 Å². The molecule has 0 heterocycles. The van der Waals surface area contributed by atoms with Crippen LogP contribution in [0.4, 0.5) is 11.4 Å². The number of halogens is 2. The van der Waals surface area contributed by atoms with Gasteiger partial charge >= 0.3 is 0 Å². The number of carbonyl (C=O) groups excluding carboxylic acids is 2. The molecule has 2 aromatic carbocycles. The molecule has 0 atom stereocenters. The monoisotopic (exact) mass is 409 g/mol. The van der Waals surface area contributed by atoms with Gasteiger partial charge in [-0.2, -0.15) is 0 Å². The third kappa shape index (κ3) is 6.77. The van der Waals surface area contributed by atoms with Gasteiger partial charge in [0.1, 0.15) is 0 Å². The van der Waals surface area contributed by atoms with Crippen molar-refractivity contribution in [2.75, 3.05) is 11.1 Å². The van der Waals surface area contributed by atoms with E-state index in [-0.39, 0.29) is 36.2 Å². The summed E-state index contributed by atoms with van der Waals surface area (Å²) in [6.07, 6.45) is 1.03. The summed E-state index contributed by atoms with van der Waals surface area (Å²) in [5, 5.41) is 6.02. The van der Waals surface area contributed by atoms with E-state index in [1.165, 1.54) is 0 Å².